The van der Waals surface area contributed by atoms with Crippen LogP contribution in [0, 0.1) is 5.41 Å². The Hall–Kier alpha value is -3.19. The van der Waals surface area contributed by atoms with Crippen molar-refractivity contribution < 1.29 is 19.1 Å². The van der Waals surface area contributed by atoms with Gasteiger partial charge in [0.25, 0.3) is 5.91 Å². The van der Waals surface area contributed by atoms with Crippen molar-refractivity contribution in [1.29, 1.82) is 0 Å². The summed E-state index contributed by atoms with van der Waals surface area (Å²) in [5.74, 6) is 0.428. The number of nitrogens with zero attached hydrogens (tertiary/aromatic N) is 2. The number of benzene rings is 1. The monoisotopic (exact) mass is 479 g/mol. The summed E-state index contributed by atoms with van der Waals surface area (Å²) in [7, 11) is 0. The van der Waals surface area contributed by atoms with Crippen molar-refractivity contribution >= 4 is 23.0 Å². The third-order valence-electron chi connectivity index (χ3n) is 5.37. The zero-order valence-corrected chi connectivity index (χ0v) is 22.1. The minimum atomic E-state index is -0.514. The first kappa shape index (κ1) is 26.4. The lowest BCUT2D eigenvalue weighted by atomic mass is 9.89. The van der Waals surface area contributed by atoms with Crippen LogP contribution in [0.2, 0.25) is 0 Å². The molecular weight excluding hydrogens is 442 g/mol. The molecule has 188 valence electrons. The Morgan fingerprint density at radius 1 is 0.914 bits per heavy atom. The Bertz CT molecular complexity index is 1200. The molecule has 0 saturated heterocycles. The molecule has 0 unspecified atom stereocenters. The van der Waals surface area contributed by atoms with Crippen LogP contribution in [0.4, 0.5) is 5.69 Å². The molecule has 1 aromatic carbocycles. The first-order chi connectivity index (χ1) is 16.1. The number of pyridine rings is 1. The lowest BCUT2D eigenvalue weighted by Crippen LogP contribution is -2.32. The van der Waals surface area contributed by atoms with Gasteiger partial charge < -0.3 is 19.2 Å². The standard InChI is InChI=1S/C28H37N3O4/c1-26(2,3)24(32)22-18-31-17-20(11-14-23(31)30-22)29-25(33)19-9-12-21(13-10-19)35-28(7,8)15-16-34-27(4,5)6/h9-14,17-18H,15-16H2,1-8H3,(H,29,33). The van der Waals surface area contributed by atoms with Crippen LogP contribution in [0.3, 0.4) is 0 Å². The van der Waals surface area contributed by atoms with Crippen LogP contribution in [-0.4, -0.2) is 38.9 Å². The van der Waals surface area contributed by atoms with Crippen LogP contribution in [-0.2, 0) is 4.74 Å². The zero-order chi connectivity index (χ0) is 26.0. The van der Waals surface area contributed by atoms with Crippen molar-refractivity contribution in [3.63, 3.8) is 0 Å². The Balaban J connectivity index is 1.63. The van der Waals surface area contributed by atoms with E-state index in [4.69, 9.17) is 9.47 Å². The van der Waals surface area contributed by atoms with E-state index in [-0.39, 0.29) is 17.3 Å². The maximum Gasteiger partial charge on any atom is 0.255 e. The highest BCUT2D eigenvalue weighted by atomic mass is 16.5. The van der Waals surface area contributed by atoms with Crippen molar-refractivity contribution in [3.05, 3.63) is 60.0 Å². The van der Waals surface area contributed by atoms with Crippen molar-refractivity contribution in [2.45, 2.75) is 73.0 Å². The Kier molecular flexibility index (Phi) is 7.41. The van der Waals surface area contributed by atoms with E-state index in [9.17, 15) is 9.59 Å². The second-order valence-electron chi connectivity index (χ2n) is 11.4. The van der Waals surface area contributed by atoms with Gasteiger partial charge in [0.05, 0.1) is 17.9 Å². The smallest absolute Gasteiger partial charge is 0.255 e. The summed E-state index contributed by atoms with van der Waals surface area (Å²) in [6, 6.07) is 10.6. The molecule has 7 heteroatoms. The quantitative estimate of drug-likeness (QED) is 0.390. The summed E-state index contributed by atoms with van der Waals surface area (Å²) in [6.45, 7) is 16.3. The number of aromatic nitrogens is 2. The van der Waals surface area contributed by atoms with E-state index in [1.54, 1.807) is 53.2 Å². The highest BCUT2D eigenvalue weighted by Crippen LogP contribution is 2.24. The molecule has 3 aromatic rings. The van der Waals surface area contributed by atoms with Gasteiger partial charge in [-0.05, 0) is 71.0 Å². The SMILES string of the molecule is CC(C)(C)OCCC(C)(C)Oc1ccc(C(=O)Nc2ccc3nc(C(=O)C(C)(C)C)cn3c2)cc1. The summed E-state index contributed by atoms with van der Waals surface area (Å²) in [4.78, 5) is 29.7. The first-order valence-corrected chi connectivity index (χ1v) is 11.9. The first-order valence-electron chi connectivity index (χ1n) is 11.9. The molecule has 0 spiro atoms. The molecule has 35 heavy (non-hydrogen) atoms. The molecule has 2 heterocycles. The average Bonchev–Trinajstić information content (AvgIpc) is 3.14. The lowest BCUT2D eigenvalue weighted by molar-refractivity contribution is -0.0292. The Labute approximate surface area is 207 Å². The molecule has 0 aliphatic carbocycles. The summed E-state index contributed by atoms with van der Waals surface area (Å²) < 4.78 is 13.7. The van der Waals surface area contributed by atoms with Crippen LogP contribution >= 0.6 is 0 Å². The Morgan fingerprint density at radius 3 is 2.17 bits per heavy atom. The van der Waals surface area contributed by atoms with Gasteiger partial charge in [-0.25, -0.2) is 4.98 Å². The topological polar surface area (TPSA) is 81.9 Å². The van der Waals surface area contributed by atoms with E-state index in [2.05, 4.69) is 10.3 Å². The van der Waals surface area contributed by atoms with Gasteiger partial charge in [-0.2, -0.15) is 0 Å². The van der Waals surface area contributed by atoms with E-state index >= 15 is 0 Å². The van der Waals surface area contributed by atoms with Crippen LogP contribution in [0.5, 0.6) is 5.75 Å². The third-order valence-corrected chi connectivity index (χ3v) is 5.37. The second-order valence-corrected chi connectivity index (χ2v) is 11.4. The maximum absolute atomic E-state index is 12.8. The number of amides is 1. The van der Waals surface area contributed by atoms with Gasteiger partial charge in [-0.15, -0.1) is 0 Å². The van der Waals surface area contributed by atoms with Crippen molar-refractivity contribution in [3.8, 4) is 5.75 Å². The zero-order valence-electron chi connectivity index (χ0n) is 22.1. The van der Waals surface area contributed by atoms with E-state index in [1.165, 1.54) is 0 Å². The maximum atomic E-state index is 12.8. The number of fused-ring (bicyclic) bond motifs is 1. The van der Waals surface area contributed by atoms with Crippen LogP contribution in [0.1, 0.15) is 82.7 Å². The molecule has 7 nitrogen and oxygen atoms in total. The normalized spacial score (nSPS) is 12.6. The minimum Gasteiger partial charge on any atom is -0.488 e. The number of nitrogens with one attached hydrogen (secondary N) is 1. The van der Waals surface area contributed by atoms with Crippen molar-refractivity contribution in [2.24, 2.45) is 5.41 Å². The number of rotatable bonds is 8. The number of hydrogen-bond acceptors (Lipinski definition) is 5. The fraction of sp³-hybridized carbons (Fsp3) is 0.464. The molecule has 0 aliphatic heterocycles. The average molecular weight is 480 g/mol. The van der Waals surface area contributed by atoms with Gasteiger partial charge >= 0.3 is 0 Å². The van der Waals surface area contributed by atoms with Crippen LogP contribution in [0.15, 0.2) is 48.8 Å². The summed E-state index contributed by atoms with van der Waals surface area (Å²) >= 11 is 0. The third kappa shape index (κ3) is 7.39. The summed E-state index contributed by atoms with van der Waals surface area (Å²) in [5.41, 5.74) is 1.08. The molecule has 0 saturated carbocycles. The summed E-state index contributed by atoms with van der Waals surface area (Å²) in [5, 5.41) is 2.90. The van der Waals surface area contributed by atoms with Gasteiger partial charge in [0.15, 0.2) is 5.78 Å². The van der Waals surface area contributed by atoms with Gasteiger partial charge in [-0.1, -0.05) is 20.8 Å². The number of ketones is 1. The highest BCUT2D eigenvalue weighted by molar-refractivity contribution is 6.04. The molecule has 0 atom stereocenters. The number of carbonyl (C=O) groups is 2. The molecule has 3 rings (SSSR count). The van der Waals surface area contributed by atoms with E-state index < -0.39 is 11.0 Å². The van der Waals surface area contributed by atoms with Crippen LogP contribution < -0.4 is 10.1 Å². The predicted octanol–water partition coefficient (Wildman–Crippen LogP) is 6.18. The highest BCUT2D eigenvalue weighted by Gasteiger charge is 2.25. The molecule has 0 radical (unpaired) electrons. The van der Waals surface area contributed by atoms with E-state index in [0.29, 0.717) is 34.9 Å². The van der Waals surface area contributed by atoms with Gasteiger partial charge in [-0.3, -0.25) is 9.59 Å². The van der Waals surface area contributed by atoms with Crippen molar-refractivity contribution in [2.75, 3.05) is 11.9 Å². The summed E-state index contributed by atoms with van der Waals surface area (Å²) in [6.07, 6.45) is 4.19. The van der Waals surface area contributed by atoms with Gasteiger partial charge in [0.1, 0.15) is 22.7 Å². The predicted molar refractivity (Wildman–Crippen MR) is 138 cm³/mol. The lowest BCUT2D eigenvalue weighted by Gasteiger charge is -2.28. The largest absolute Gasteiger partial charge is 0.488 e. The second kappa shape index (κ2) is 9.82. The molecule has 0 aliphatic rings. The molecule has 1 amide bonds. The number of Topliss-reactive ketones (excluding diaryl/α,β-unsaturated/α-hetero) is 1. The fourth-order valence-corrected chi connectivity index (χ4v) is 3.41. The van der Waals surface area contributed by atoms with Crippen molar-refractivity contribution in [1.82, 2.24) is 9.38 Å². The van der Waals surface area contributed by atoms with E-state index in [1.807, 2.05) is 55.4 Å². The molecule has 1 N–H and O–H groups in total. The van der Waals surface area contributed by atoms with Gasteiger partial charge in [0.2, 0.25) is 0 Å². The minimum absolute atomic E-state index is 0.0287. The number of carbonyl (C=O) groups excluding carboxylic acids is 2. The fourth-order valence-electron chi connectivity index (χ4n) is 3.41. The number of ether oxygens (including phenoxy) is 2. The number of anilines is 1. The molecular formula is C28H37N3O4. The number of hydrogen-bond donors (Lipinski definition) is 1. The molecule has 0 fully saturated rings. The Morgan fingerprint density at radius 2 is 1.57 bits per heavy atom. The molecule has 0 bridgehead atoms. The molecule has 2 aromatic heterocycles. The van der Waals surface area contributed by atoms with E-state index in [0.717, 1.165) is 6.42 Å². The van der Waals surface area contributed by atoms with Crippen LogP contribution in [0.25, 0.3) is 5.65 Å². The number of imidazole rings is 1. The van der Waals surface area contributed by atoms with Gasteiger partial charge in [0, 0.05) is 29.8 Å².